The Hall–Kier alpha value is -1.35. The molecule has 3 heteroatoms. The van der Waals surface area contributed by atoms with Gasteiger partial charge in [0.15, 0.2) is 0 Å². The van der Waals surface area contributed by atoms with E-state index >= 15 is 0 Å². The number of carbonyl (C=O) groups is 1. The van der Waals surface area contributed by atoms with E-state index in [1.54, 1.807) is 0 Å². The van der Waals surface area contributed by atoms with Gasteiger partial charge in [0.1, 0.15) is 0 Å². The second-order valence-electron chi connectivity index (χ2n) is 4.26. The molecule has 0 heterocycles. The van der Waals surface area contributed by atoms with Crippen molar-refractivity contribution in [3.8, 4) is 0 Å². The predicted molar refractivity (Wildman–Crippen MR) is 71.9 cm³/mol. The molecular weight excluding hydrogens is 212 g/mol. The SMILES string of the molecule is CCCC(CN)C(=O)Nc1ccc(CC)cc1. The fourth-order valence-electron chi connectivity index (χ4n) is 1.77. The molecule has 1 aromatic rings. The average molecular weight is 234 g/mol. The number of amides is 1. The first kappa shape index (κ1) is 13.7. The standard InChI is InChI=1S/C14H22N2O/c1-3-5-12(10-15)14(17)16-13-8-6-11(4-2)7-9-13/h6-9,12H,3-5,10,15H2,1-2H3,(H,16,17). The van der Waals surface area contributed by atoms with E-state index in [0.29, 0.717) is 6.54 Å². The summed E-state index contributed by atoms with van der Waals surface area (Å²) in [6.07, 6.45) is 2.83. The van der Waals surface area contributed by atoms with E-state index in [1.807, 2.05) is 24.3 Å². The van der Waals surface area contributed by atoms with E-state index in [9.17, 15) is 4.79 Å². The highest BCUT2D eigenvalue weighted by Crippen LogP contribution is 2.13. The van der Waals surface area contributed by atoms with E-state index in [-0.39, 0.29) is 11.8 Å². The van der Waals surface area contributed by atoms with Crippen molar-refractivity contribution in [3.63, 3.8) is 0 Å². The summed E-state index contributed by atoms with van der Waals surface area (Å²) in [4.78, 5) is 11.9. The summed E-state index contributed by atoms with van der Waals surface area (Å²) in [6.45, 7) is 4.58. The molecule has 17 heavy (non-hydrogen) atoms. The molecule has 3 N–H and O–H groups in total. The summed E-state index contributed by atoms with van der Waals surface area (Å²) in [6, 6.07) is 7.95. The van der Waals surface area contributed by atoms with Gasteiger partial charge in [-0.2, -0.15) is 0 Å². The van der Waals surface area contributed by atoms with E-state index in [4.69, 9.17) is 5.73 Å². The maximum Gasteiger partial charge on any atom is 0.228 e. The number of hydrogen-bond donors (Lipinski definition) is 2. The molecule has 0 saturated carbocycles. The Labute approximate surface area is 103 Å². The molecule has 1 aromatic carbocycles. The number of nitrogens with one attached hydrogen (secondary N) is 1. The number of aryl methyl sites for hydroxylation is 1. The van der Waals surface area contributed by atoms with Crippen LogP contribution in [0.1, 0.15) is 32.3 Å². The lowest BCUT2D eigenvalue weighted by molar-refractivity contribution is -0.119. The van der Waals surface area contributed by atoms with Crippen molar-refractivity contribution in [1.82, 2.24) is 0 Å². The molecule has 0 fully saturated rings. The van der Waals surface area contributed by atoms with Gasteiger partial charge in [0.25, 0.3) is 0 Å². The second kappa shape index (κ2) is 7.07. The zero-order chi connectivity index (χ0) is 12.7. The van der Waals surface area contributed by atoms with Crippen LogP contribution in [0, 0.1) is 5.92 Å². The van der Waals surface area contributed by atoms with Gasteiger partial charge in [0.2, 0.25) is 5.91 Å². The van der Waals surface area contributed by atoms with Crippen LogP contribution < -0.4 is 11.1 Å². The number of rotatable bonds is 6. The summed E-state index contributed by atoms with van der Waals surface area (Å²) in [7, 11) is 0. The molecule has 1 rings (SSSR count). The fraction of sp³-hybridized carbons (Fsp3) is 0.500. The van der Waals surface area contributed by atoms with E-state index in [2.05, 4.69) is 19.2 Å². The van der Waals surface area contributed by atoms with Gasteiger partial charge in [-0.1, -0.05) is 32.4 Å². The second-order valence-corrected chi connectivity index (χ2v) is 4.26. The molecule has 3 nitrogen and oxygen atoms in total. The lowest BCUT2D eigenvalue weighted by atomic mass is 10.0. The van der Waals surface area contributed by atoms with Gasteiger partial charge in [0.05, 0.1) is 5.92 Å². The molecule has 1 unspecified atom stereocenters. The van der Waals surface area contributed by atoms with E-state index in [1.165, 1.54) is 5.56 Å². The number of anilines is 1. The van der Waals surface area contributed by atoms with Crippen molar-refractivity contribution < 1.29 is 4.79 Å². The van der Waals surface area contributed by atoms with Crippen LogP contribution in [0.4, 0.5) is 5.69 Å². The topological polar surface area (TPSA) is 55.1 Å². The molecule has 0 spiro atoms. The minimum absolute atomic E-state index is 0.0265. The van der Waals surface area contributed by atoms with Crippen LogP contribution in [0.25, 0.3) is 0 Å². The van der Waals surface area contributed by atoms with Gasteiger partial charge in [-0.15, -0.1) is 0 Å². The highest BCUT2D eigenvalue weighted by atomic mass is 16.1. The molecule has 0 bridgehead atoms. The maximum atomic E-state index is 11.9. The molecule has 0 aliphatic carbocycles. The van der Waals surface area contributed by atoms with Gasteiger partial charge in [-0.25, -0.2) is 0 Å². The van der Waals surface area contributed by atoms with Gasteiger partial charge in [-0.05, 0) is 30.5 Å². The van der Waals surface area contributed by atoms with Gasteiger partial charge < -0.3 is 11.1 Å². The van der Waals surface area contributed by atoms with E-state index in [0.717, 1.165) is 24.9 Å². The maximum absolute atomic E-state index is 11.9. The molecule has 1 atom stereocenters. The summed E-state index contributed by atoms with van der Waals surface area (Å²) in [5.41, 5.74) is 7.72. The Morgan fingerprint density at radius 2 is 1.94 bits per heavy atom. The van der Waals surface area contributed by atoms with Crippen LogP contribution in [0.2, 0.25) is 0 Å². The first-order valence-corrected chi connectivity index (χ1v) is 6.31. The number of carbonyl (C=O) groups excluding carboxylic acids is 1. The van der Waals surface area contributed by atoms with Crippen LogP contribution in [0.15, 0.2) is 24.3 Å². The molecule has 0 saturated heterocycles. The van der Waals surface area contributed by atoms with Gasteiger partial charge in [0, 0.05) is 12.2 Å². The van der Waals surface area contributed by atoms with Crippen LogP contribution in [0.3, 0.4) is 0 Å². The molecule has 1 amide bonds. The van der Waals surface area contributed by atoms with Gasteiger partial charge >= 0.3 is 0 Å². The average Bonchev–Trinajstić information content (AvgIpc) is 2.36. The van der Waals surface area contributed by atoms with Crippen LogP contribution in [0.5, 0.6) is 0 Å². The first-order chi connectivity index (χ1) is 8.21. The summed E-state index contributed by atoms with van der Waals surface area (Å²) < 4.78 is 0. The van der Waals surface area contributed by atoms with Crippen molar-refractivity contribution in [1.29, 1.82) is 0 Å². The summed E-state index contributed by atoms with van der Waals surface area (Å²) >= 11 is 0. The number of benzene rings is 1. The lowest BCUT2D eigenvalue weighted by Crippen LogP contribution is -2.29. The molecule has 0 aliphatic heterocycles. The van der Waals surface area contributed by atoms with Crippen molar-refractivity contribution in [2.75, 3.05) is 11.9 Å². The summed E-state index contributed by atoms with van der Waals surface area (Å²) in [5.74, 6) is -0.0514. The quantitative estimate of drug-likeness (QED) is 0.794. The first-order valence-electron chi connectivity index (χ1n) is 6.31. The van der Waals surface area contributed by atoms with Crippen molar-refractivity contribution in [2.45, 2.75) is 33.1 Å². The Balaban J connectivity index is 2.59. The van der Waals surface area contributed by atoms with Crippen molar-refractivity contribution in [3.05, 3.63) is 29.8 Å². The fourth-order valence-corrected chi connectivity index (χ4v) is 1.77. The Morgan fingerprint density at radius 1 is 1.29 bits per heavy atom. The highest BCUT2D eigenvalue weighted by molar-refractivity contribution is 5.92. The molecule has 94 valence electrons. The van der Waals surface area contributed by atoms with Crippen LogP contribution in [-0.2, 0) is 11.2 Å². The number of hydrogen-bond acceptors (Lipinski definition) is 2. The van der Waals surface area contributed by atoms with Gasteiger partial charge in [-0.3, -0.25) is 4.79 Å². The summed E-state index contributed by atoms with van der Waals surface area (Å²) in [5, 5.41) is 2.91. The van der Waals surface area contributed by atoms with Crippen molar-refractivity contribution >= 4 is 11.6 Å². The molecule has 0 radical (unpaired) electrons. The Morgan fingerprint density at radius 3 is 2.41 bits per heavy atom. The predicted octanol–water partition coefficient (Wildman–Crippen LogP) is 2.56. The third kappa shape index (κ3) is 4.19. The third-order valence-electron chi connectivity index (χ3n) is 2.92. The van der Waals surface area contributed by atoms with Crippen molar-refractivity contribution in [2.24, 2.45) is 11.7 Å². The lowest BCUT2D eigenvalue weighted by Gasteiger charge is -2.14. The zero-order valence-corrected chi connectivity index (χ0v) is 10.7. The third-order valence-corrected chi connectivity index (χ3v) is 2.92. The largest absolute Gasteiger partial charge is 0.330 e. The number of nitrogens with two attached hydrogens (primary N) is 1. The molecule has 0 aromatic heterocycles. The molecular formula is C14H22N2O. The van der Waals surface area contributed by atoms with Crippen LogP contribution >= 0.6 is 0 Å². The smallest absolute Gasteiger partial charge is 0.228 e. The minimum Gasteiger partial charge on any atom is -0.330 e. The Kier molecular flexibility index (Phi) is 5.70. The normalized spacial score (nSPS) is 12.2. The monoisotopic (exact) mass is 234 g/mol. The van der Waals surface area contributed by atoms with Crippen LogP contribution in [-0.4, -0.2) is 12.5 Å². The van der Waals surface area contributed by atoms with E-state index < -0.39 is 0 Å². The zero-order valence-electron chi connectivity index (χ0n) is 10.7. The highest BCUT2D eigenvalue weighted by Gasteiger charge is 2.15. The molecule has 0 aliphatic rings. The minimum atomic E-state index is -0.0779. The Bertz CT molecular complexity index is 346.